The minimum Gasteiger partial charge on any atom is -0.480 e. The first kappa shape index (κ1) is 12.4. The van der Waals surface area contributed by atoms with E-state index in [4.69, 9.17) is 5.11 Å². The van der Waals surface area contributed by atoms with Crippen LogP contribution in [-0.4, -0.2) is 28.1 Å². The zero-order valence-electron chi connectivity index (χ0n) is 9.51. The molecule has 0 fully saturated rings. The third-order valence-electron chi connectivity index (χ3n) is 2.31. The van der Waals surface area contributed by atoms with Crippen molar-refractivity contribution in [2.75, 3.05) is 4.90 Å². The minimum atomic E-state index is -1.00. The van der Waals surface area contributed by atoms with Crippen molar-refractivity contribution in [2.24, 2.45) is 0 Å². The van der Waals surface area contributed by atoms with Crippen LogP contribution in [0.25, 0.3) is 0 Å². The molecular formula is C11H15FN2O2. The van der Waals surface area contributed by atoms with Crippen molar-refractivity contribution in [1.82, 2.24) is 4.98 Å². The van der Waals surface area contributed by atoms with Crippen LogP contribution < -0.4 is 4.90 Å². The largest absolute Gasteiger partial charge is 0.480 e. The fourth-order valence-electron chi connectivity index (χ4n) is 1.56. The Morgan fingerprint density at radius 3 is 2.56 bits per heavy atom. The van der Waals surface area contributed by atoms with Crippen molar-refractivity contribution in [2.45, 2.75) is 32.9 Å². The van der Waals surface area contributed by atoms with E-state index in [1.165, 1.54) is 30.2 Å². The van der Waals surface area contributed by atoms with E-state index in [0.29, 0.717) is 0 Å². The molecule has 16 heavy (non-hydrogen) atoms. The van der Waals surface area contributed by atoms with Gasteiger partial charge in [-0.15, -0.1) is 0 Å². The summed E-state index contributed by atoms with van der Waals surface area (Å²) in [6.45, 7) is 5.11. The summed E-state index contributed by atoms with van der Waals surface area (Å²) in [6.07, 6.45) is 1.45. The summed E-state index contributed by atoms with van der Waals surface area (Å²) in [6, 6.07) is 1.79. The Kier molecular flexibility index (Phi) is 3.82. The second kappa shape index (κ2) is 4.92. The van der Waals surface area contributed by atoms with Gasteiger partial charge in [-0.25, -0.2) is 14.2 Å². The van der Waals surface area contributed by atoms with Gasteiger partial charge in [0.2, 0.25) is 0 Å². The fraction of sp³-hybridized carbons (Fsp3) is 0.455. The molecule has 1 atom stereocenters. The van der Waals surface area contributed by atoms with Crippen molar-refractivity contribution in [3.8, 4) is 0 Å². The Bertz CT molecular complexity index is 382. The van der Waals surface area contributed by atoms with Gasteiger partial charge >= 0.3 is 5.97 Å². The van der Waals surface area contributed by atoms with Gasteiger partial charge in [0.15, 0.2) is 11.6 Å². The molecule has 0 spiro atoms. The highest BCUT2D eigenvalue weighted by molar-refractivity contribution is 5.77. The summed E-state index contributed by atoms with van der Waals surface area (Å²) in [5.41, 5.74) is 0. The molecule has 88 valence electrons. The number of carboxylic acid groups (broad SMARTS) is 1. The van der Waals surface area contributed by atoms with Crippen molar-refractivity contribution < 1.29 is 14.3 Å². The van der Waals surface area contributed by atoms with Crippen LogP contribution in [0.15, 0.2) is 18.3 Å². The van der Waals surface area contributed by atoms with Gasteiger partial charge in [-0.1, -0.05) is 0 Å². The number of rotatable bonds is 4. The molecule has 1 aromatic rings. The first-order chi connectivity index (χ1) is 7.45. The molecule has 0 saturated heterocycles. The van der Waals surface area contributed by atoms with Gasteiger partial charge < -0.3 is 10.0 Å². The molecule has 1 rings (SSSR count). The maximum absolute atomic E-state index is 13.5. The van der Waals surface area contributed by atoms with Crippen LogP contribution >= 0.6 is 0 Å². The number of halogens is 1. The van der Waals surface area contributed by atoms with Crippen LogP contribution in [-0.2, 0) is 4.79 Å². The lowest BCUT2D eigenvalue weighted by Gasteiger charge is -2.31. The summed E-state index contributed by atoms with van der Waals surface area (Å²) in [4.78, 5) is 16.3. The quantitative estimate of drug-likeness (QED) is 0.852. The number of pyridine rings is 1. The molecule has 0 saturated carbocycles. The third-order valence-corrected chi connectivity index (χ3v) is 2.31. The third kappa shape index (κ3) is 2.48. The summed E-state index contributed by atoms with van der Waals surface area (Å²) >= 11 is 0. The van der Waals surface area contributed by atoms with E-state index in [9.17, 15) is 9.18 Å². The Hall–Kier alpha value is -1.65. The van der Waals surface area contributed by atoms with E-state index < -0.39 is 17.8 Å². The lowest BCUT2D eigenvalue weighted by molar-refractivity contribution is -0.138. The van der Waals surface area contributed by atoms with E-state index >= 15 is 0 Å². The molecule has 0 bridgehead atoms. The maximum Gasteiger partial charge on any atom is 0.326 e. The second-order valence-corrected chi connectivity index (χ2v) is 3.82. The molecule has 5 heteroatoms. The maximum atomic E-state index is 13.5. The molecule has 1 heterocycles. The van der Waals surface area contributed by atoms with Gasteiger partial charge in [0.05, 0.1) is 0 Å². The molecule has 0 aliphatic rings. The van der Waals surface area contributed by atoms with Crippen LogP contribution in [0, 0.1) is 5.82 Å². The molecule has 4 nitrogen and oxygen atoms in total. The lowest BCUT2D eigenvalue weighted by atomic mass is 10.2. The van der Waals surface area contributed by atoms with Crippen LogP contribution in [0.2, 0.25) is 0 Å². The zero-order valence-corrected chi connectivity index (χ0v) is 9.51. The van der Waals surface area contributed by atoms with Crippen LogP contribution in [0.3, 0.4) is 0 Å². The number of nitrogens with zero attached hydrogens (tertiary/aromatic N) is 2. The Morgan fingerprint density at radius 1 is 1.50 bits per heavy atom. The van der Waals surface area contributed by atoms with E-state index in [0.717, 1.165) is 0 Å². The van der Waals surface area contributed by atoms with Crippen LogP contribution in [0.5, 0.6) is 0 Å². The number of hydrogen-bond acceptors (Lipinski definition) is 3. The summed E-state index contributed by atoms with van der Waals surface area (Å²) < 4.78 is 13.5. The molecule has 0 aliphatic carbocycles. The number of carbonyl (C=O) groups is 1. The van der Waals surface area contributed by atoms with Crippen molar-refractivity contribution in [1.29, 1.82) is 0 Å². The Labute approximate surface area is 93.7 Å². The standard InChI is InChI=1S/C11H15FN2O2/c1-7(2)14(8(3)11(15)16)10-9(12)5-4-6-13-10/h4-8H,1-3H3,(H,15,16). The first-order valence-electron chi connectivity index (χ1n) is 5.06. The molecule has 1 aromatic heterocycles. The lowest BCUT2D eigenvalue weighted by Crippen LogP contribution is -2.44. The fourth-order valence-corrected chi connectivity index (χ4v) is 1.56. The van der Waals surface area contributed by atoms with Gasteiger partial charge in [-0.3, -0.25) is 0 Å². The predicted octanol–water partition coefficient (Wildman–Crippen LogP) is 1.91. The van der Waals surface area contributed by atoms with Crippen molar-refractivity contribution in [3.63, 3.8) is 0 Å². The number of anilines is 1. The molecule has 0 amide bonds. The second-order valence-electron chi connectivity index (χ2n) is 3.82. The molecule has 0 aliphatic heterocycles. The van der Waals surface area contributed by atoms with E-state index in [1.54, 1.807) is 13.8 Å². The highest BCUT2D eigenvalue weighted by Gasteiger charge is 2.26. The average Bonchev–Trinajstić information content (AvgIpc) is 2.20. The molecule has 0 radical (unpaired) electrons. The molecule has 1 N–H and O–H groups in total. The number of hydrogen-bond donors (Lipinski definition) is 1. The Morgan fingerprint density at radius 2 is 2.12 bits per heavy atom. The topological polar surface area (TPSA) is 53.4 Å². The highest BCUT2D eigenvalue weighted by Crippen LogP contribution is 2.20. The number of carboxylic acids is 1. The monoisotopic (exact) mass is 226 g/mol. The SMILES string of the molecule is CC(C)N(c1ncccc1F)C(C)C(=O)O. The molecule has 1 unspecified atom stereocenters. The summed E-state index contributed by atoms with van der Waals surface area (Å²) in [7, 11) is 0. The van der Waals surface area contributed by atoms with Crippen LogP contribution in [0.4, 0.5) is 10.2 Å². The van der Waals surface area contributed by atoms with E-state index in [-0.39, 0.29) is 11.9 Å². The number of aliphatic carboxylic acids is 1. The molecule has 0 aromatic carbocycles. The first-order valence-corrected chi connectivity index (χ1v) is 5.06. The highest BCUT2D eigenvalue weighted by atomic mass is 19.1. The normalized spacial score (nSPS) is 12.6. The average molecular weight is 226 g/mol. The van der Waals surface area contributed by atoms with Crippen LogP contribution in [0.1, 0.15) is 20.8 Å². The summed E-state index contributed by atoms with van der Waals surface area (Å²) in [5.74, 6) is -1.43. The summed E-state index contributed by atoms with van der Waals surface area (Å²) in [5, 5.41) is 8.96. The van der Waals surface area contributed by atoms with Crippen molar-refractivity contribution in [3.05, 3.63) is 24.1 Å². The minimum absolute atomic E-state index is 0.0763. The van der Waals surface area contributed by atoms with Gasteiger partial charge in [0.1, 0.15) is 6.04 Å². The predicted molar refractivity (Wildman–Crippen MR) is 58.9 cm³/mol. The zero-order chi connectivity index (χ0) is 12.3. The van der Waals surface area contributed by atoms with E-state index in [2.05, 4.69) is 4.98 Å². The van der Waals surface area contributed by atoms with E-state index in [1.807, 2.05) is 0 Å². The van der Waals surface area contributed by atoms with Crippen molar-refractivity contribution >= 4 is 11.8 Å². The number of aromatic nitrogens is 1. The van der Waals surface area contributed by atoms with Gasteiger partial charge in [0.25, 0.3) is 0 Å². The smallest absolute Gasteiger partial charge is 0.326 e. The van der Waals surface area contributed by atoms with Gasteiger partial charge in [0, 0.05) is 12.2 Å². The van der Waals surface area contributed by atoms with Gasteiger partial charge in [-0.2, -0.15) is 0 Å². The Balaban J connectivity index is 3.13. The van der Waals surface area contributed by atoms with Gasteiger partial charge in [-0.05, 0) is 32.9 Å². The molecular weight excluding hydrogens is 211 g/mol.